The summed E-state index contributed by atoms with van der Waals surface area (Å²) in [6.45, 7) is 4.54. The predicted molar refractivity (Wildman–Crippen MR) is 68.7 cm³/mol. The first-order valence-electron chi connectivity index (χ1n) is 6.79. The maximum absolute atomic E-state index is 4.27. The molecule has 0 bridgehead atoms. The van der Waals surface area contributed by atoms with Crippen molar-refractivity contribution in [1.82, 2.24) is 20.1 Å². The zero-order valence-corrected chi connectivity index (χ0v) is 11.0. The van der Waals surface area contributed by atoms with Gasteiger partial charge in [-0.25, -0.2) is 4.98 Å². The van der Waals surface area contributed by atoms with Crippen LogP contribution < -0.4 is 5.32 Å². The molecule has 0 amide bonds. The number of nitrogens with one attached hydrogen (secondary N) is 1. The molecule has 2 unspecified atom stereocenters. The first kappa shape index (κ1) is 12.6. The highest BCUT2D eigenvalue weighted by Crippen LogP contribution is 2.27. The normalized spacial score (nSPS) is 25.1. The second kappa shape index (κ2) is 6.15. The second-order valence-electron chi connectivity index (χ2n) is 5.43. The molecule has 1 saturated carbocycles. The Labute approximate surface area is 104 Å². The average molecular weight is 236 g/mol. The van der Waals surface area contributed by atoms with Crippen molar-refractivity contribution in [2.75, 3.05) is 13.1 Å². The lowest BCUT2D eigenvalue weighted by Gasteiger charge is -2.26. The minimum atomic E-state index is 0.885. The fourth-order valence-electron chi connectivity index (χ4n) is 2.75. The van der Waals surface area contributed by atoms with E-state index in [-0.39, 0.29) is 0 Å². The van der Waals surface area contributed by atoms with Crippen molar-refractivity contribution in [3.05, 3.63) is 12.2 Å². The molecule has 96 valence electrons. The van der Waals surface area contributed by atoms with Gasteiger partial charge in [0, 0.05) is 20.0 Å². The molecule has 17 heavy (non-hydrogen) atoms. The van der Waals surface area contributed by atoms with Gasteiger partial charge >= 0.3 is 0 Å². The van der Waals surface area contributed by atoms with E-state index in [2.05, 4.69) is 22.3 Å². The smallest absolute Gasteiger partial charge is 0.151 e. The van der Waals surface area contributed by atoms with Crippen LogP contribution in [0.4, 0.5) is 0 Å². The second-order valence-corrected chi connectivity index (χ2v) is 5.43. The minimum Gasteiger partial charge on any atom is -0.316 e. The Morgan fingerprint density at radius 3 is 3.06 bits per heavy atom. The van der Waals surface area contributed by atoms with E-state index in [1.807, 2.05) is 7.05 Å². The van der Waals surface area contributed by atoms with Crippen molar-refractivity contribution >= 4 is 0 Å². The molecule has 0 aromatic carbocycles. The van der Waals surface area contributed by atoms with Crippen molar-refractivity contribution in [3.8, 4) is 0 Å². The van der Waals surface area contributed by atoms with E-state index in [4.69, 9.17) is 0 Å². The zero-order valence-electron chi connectivity index (χ0n) is 11.0. The van der Waals surface area contributed by atoms with Gasteiger partial charge in [0.15, 0.2) is 5.82 Å². The summed E-state index contributed by atoms with van der Waals surface area (Å²) >= 11 is 0. The molecule has 1 heterocycles. The molecule has 1 N–H and O–H groups in total. The number of hydrogen-bond acceptors (Lipinski definition) is 3. The van der Waals surface area contributed by atoms with Gasteiger partial charge in [0.1, 0.15) is 6.33 Å². The number of rotatable bonds is 5. The molecule has 1 aliphatic carbocycles. The fraction of sp³-hybridized carbons (Fsp3) is 0.846. The highest BCUT2D eigenvalue weighted by Gasteiger charge is 2.18. The first-order valence-corrected chi connectivity index (χ1v) is 6.79. The van der Waals surface area contributed by atoms with Crippen LogP contribution >= 0.6 is 0 Å². The summed E-state index contributed by atoms with van der Waals surface area (Å²) in [5, 5.41) is 7.82. The van der Waals surface area contributed by atoms with Gasteiger partial charge < -0.3 is 5.32 Å². The van der Waals surface area contributed by atoms with Crippen LogP contribution in [0.3, 0.4) is 0 Å². The molecule has 0 spiro atoms. The minimum absolute atomic E-state index is 0.885. The Balaban J connectivity index is 1.59. The maximum Gasteiger partial charge on any atom is 0.151 e. The molecule has 0 aliphatic heterocycles. The van der Waals surface area contributed by atoms with E-state index in [0.717, 1.165) is 37.2 Å². The van der Waals surface area contributed by atoms with Crippen LogP contribution in [0.15, 0.2) is 6.33 Å². The molecule has 1 aromatic rings. The summed E-state index contributed by atoms with van der Waals surface area (Å²) in [7, 11) is 1.91. The van der Waals surface area contributed by atoms with E-state index in [1.54, 1.807) is 11.0 Å². The first-order chi connectivity index (χ1) is 8.24. The summed E-state index contributed by atoms with van der Waals surface area (Å²) in [6, 6.07) is 0. The Kier molecular flexibility index (Phi) is 4.54. The van der Waals surface area contributed by atoms with Gasteiger partial charge in [0.2, 0.25) is 0 Å². The highest BCUT2D eigenvalue weighted by atomic mass is 15.3. The van der Waals surface area contributed by atoms with E-state index in [0.29, 0.717) is 0 Å². The summed E-state index contributed by atoms with van der Waals surface area (Å²) in [5.41, 5.74) is 0. The van der Waals surface area contributed by atoms with Gasteiger partial charge in [-0.15, -0.1) is 0 Å². The van der Waals surface area contributed by atoms with Crippen molar-refractivity contribution < 1.29 is 0 Å². The number of hydrogen-bond donors (Lipinski definition) is 1. The van der Waals surface area contributed by atoms with E-state index < -0.39 is 0 Å². The van der Waals surface area contributed by atoms with Crippen LogP contribution in [-0.2, 0) is 13.5 Å². The van der Waals surface area contributed by atoms with Crippen LogP contribution in [0.2, 0.25) is 0 Å². The topological polar surface area (TPSA) is 42.7 Å². The molecule has 2 atom stereocenters. The van der Waals surface area contributed by atoms with Gasteiger partial charge in [-0.3, -0.25) is 4.68 Å². The quantitative estimate of drug-likeness (QED) is 0.792. The number of nitrogens with zero attached hydrogens (tertiary/aromatic N) is 3. The van der Waals surface area contributed by atoms with Gasteiger partial charge in [0.05, 0.1) is 0 Å². The average Bonchev–Trinajstić information content (AvgIpc) is 2.71. The third kappa shape index (κ3) is 4.11. The van der Waals surface area contributed by atoms with Crippen LogP contribution in [0, 0.1) is 11.8 Å². The summed E-state index contributed by atoms with van der Waals surface area (Å²) in [4.78, 5) is 4.22. The van der Waals surface area contributed by atoms with Crippen molar-refractivity contribution in [1.29, 1.82) is 0 Å². The van der Waals surface area contributed by atoms with Crippen LogP contribution in [0.1, 0.15) is 38.4 Å². The predicted octanol–water partition coefficient (Wildman–Crippen LogP) is 1.77. The van der Waals surface area contributed by atoms with Gasteiger partial charge in [-0.2, -0.15) is 5.10 Å². The van der Waals surface area contributed by atoms with E-state index in [1.165, 1.54) is 25.7 Å². The molecule has 0 radical (unpaired) electrons. The molecule has 0 saturated heterocycles. The zero-order chi connectivity index (χ0) is 12.1. The lowest BCUT2D eigenvalue weighted by Crippen LogP contribution is -2.28. The summed E-state index contributed by atoms with van der Waals surface area (Å²) < 4.78 is 1.76. The molecule has 1 aromatic heterocycles. The van der Waals surface area contributed by atoms with E-state index in [9.17, 15) is 0 Å². The third-order valence-electron chi connectivity index (χ3n) is 3.65. The van der Waals surface area contributed by atoms with Gasteiger partial charge in [0.25, 0.3) is 0 Å². The lowest BCUT2D eigenvalue weighted by molar-refractivity contribution is 0.275. The van der Waals surface area contributed by atoms with Crippen molar-refractivity contribution in [2.24, 2.45) is 18.9 Å². The maximum atomic E-state index is 4.27. The Bertz CT molecular complexity index is 334. The van der Waals surface area contributed by atoms with Crippen LogP contribution in [-0.4, -0.2) is 27.9 Å². The number of aryl methyl sites for hydroxylation is 1. The monoisotopic (exact) mass is 236 g/mol. The summed E-state index contributed by atoms with van der Waals surface area (Å²) in [5.74, 6) is 2.75. The summed E-state index contributed by atoms with van der Waals surface area (Å²) in [6.07, 6.45) is 8.33. The number of aromatic nitrogens is 3. The SMILES string of the molecule is CC1CCCC(CNCCc2ncn(C)n2)C1. The van der Waals surface area contributed by atoms with Crippen LogP contribution in [0.5, 0.6) is 0 Å². The van der Waals surface area contributed by atoms with E-state index >= 15 is 0 Å². The van der Waals surface area contributed by atoms with Crippen molar-refractivity contribution in [3.63, 3.8) is 0 Å². The molecule has 2 rings (SSSR count). The van der Waals surface area contributed by atoms with Crippen LogP contribution in [0.25, 0.3) is 0 Å². The molecular weight excluding hydrogens is 212 g/mol. The van der Waals surface area contributed by atoms with Gasteiger partial charge in [-0.1, -0.05) is 19.8 Å². The molecule has 1 fully saturated rings. The third-order valence-corrected chi connectivity index (χ3v) is 3.65. The largest absolute Gasteiger partial charge is 0.316 e. The molecular formula is C13H24N4. The Morgan fingerprint density at radius 1 is 1.47 bits per heavy atom. The fourth-order valence-corrected chi connectivity index (χ4v) is 2.75. The molecule has 4 nitrogen and oxygen atoms in total. The Hall–Kier alpha value is -0.900. The standard InChI is InChI=1S/C13H24N4/c1-11-4-3-5-12(8-11)9-14-7-6-13-15-10-17(2)16-13/h10-12,14H,3-9H2,1-2H3. The molecule has 1 aliphatic rings. The Morgan fingerprint density at radius 2 is 2.35 bits per heavy atom. The van der Waals surface area contributed by atoms with Gasteiger partial charge in [-0.05, 0) is 31.2 Å². The lowest BCUT2D eigenvalue weighted by atomic mass is 9.82. The highest BCUT2D eigenvalue weighted by molar-refractivity contribution is 4.82. The molecule has 4 heteroatoms. The van der Waals surface area contributed by atoms with Crippen molar-refractivity contribution in [2.45, 2.75) is 39.0 Å².